The molecule has 0 aromatic heterocycles. The first-order chi connectivity index (χ1) is 13.1. The number of alkyl halides is 3. The summed E-state index contributed by atoms with van der Waals surface area (Å²) in [6, 6.07) is 7.88. The van der Waals surface area contributed by atoms with Gasteiger partial charge in [-0.15, -0.1) is 0 Å². The minimum absolute atomic E-state index is 0.0377. The molecule has 1 aliphatic rings. The third-order valence-corrected chi connectivity index (χ3v) is 4.86. The van der Waals surface area contributed by atoms with E-state index in [1.54, 1.807) is 7.11 Å². The van der Waals surface area contributed by atoms with Crippen LogP contribution in [0.3, 0.4) is 0 Å². The van der Waals surface area contributed by atoms with E-state index in [9.17, 15) is 13.2 Å². The lowest BCUT2D eigenvalue weighted by Gasteiger charge is -2.25. The van der Waals surface area contributed by atoms with Gasteiger partial charge in [0, 0.05) is 31.1 Å². The summed E-state index contributed by atoms with van der Waals surface area (Å²) < 4.78 is 42.9. The van der Waals surface area contributed by atoms with E-state index in [0.29, 0.717) is 38.6 Å². The van der Waals surface area contributed by atoms with Crippen molar-refractivity contribution in [3.05, 3.63) is 29.8 Å². The van der Waals surface area contributed by atoms with E-state index < -0.39 is 12.7 Å². The molecule has 0 aliphatic carbocycles. The molecule has 2 rings (SSSR count). The zero-order valence-electron chi connectivity index (χ0n) is 17.1. The van der Waals surface area contributed by atoms with Crippen molar-refractivity contribution in [1.29, 1.82) is 0 Å². The Balaban J connectivity index is 1.97. The molecule has 2 N–H and O–H groups in total. The molecule has 1 atom stereocenters. The van der Waals surface area contributed by atoms with E-state index in [1.807, 2.05) is 31.2 Å². The summed E-state index contributed by atoms with van der Waals surface area (Å²) in [5, 5.41) is 6.48. The maximum absolute atomic E-state index is 12.6. The number of ether oxygens (including phenoxy) is 1. The second-order valence-electron chi connectivity index (χ2n) is 7.79. The molecule has 0 amide bonds. The minimum atomic E-state index is -4.16. The number of methoxy groups -OCH3 is 1. The van der Waals surface area contributed by atoms with Crippen molar-refractivity contribution in [2.45, 2.75) is 44.8 Å². The minimum Gasteiger partial charge on any atom is -0.497 e. The van der Waals surface area contributed by atoms with Crippen molar-refractivity contribution >= 4 is 5.96 Å². The molecule has 5 nitrogen and oxygen atoms in total. The molecule has 28 heavy (non-hydrogen) atoms. The molecular formula is C20H31F3N4O. The van der Waals surface area contributed by atoms with Crippen molar-refractivity contribution in [3.63, 3.8) is 0 Å². The molecule has 0 bridgehead atoms. The molecule has 0 spiro atoms. The molecule has 1 unspecified atom stereocenters. The van der Waals surface area contributed by atoms with Gasteiger partial charge in [-0.25, -0.2) is 0 Å². The molecule has 0 radical (unpaired) electrons. The zero-order valence-corrected chi connectivity index (χ0v) is 17.1. The van der Waals surface area contributed by atoms with Gasteiger partial charge in [0.25, 0.3) is 0 Å². The lowest BCUT2D eigenvalue weighted by Crippen LogP contribution is -2.45. The highest BCUT2D eigenvalue weighted by atomic mass is 19.4. The molecule has 1 saturated heterocycles. The van der Waals surface area contributed by atoms with E-state index in [4.69, 9.17) is 4.74 Å². The molecule has 1 heterocycles. The topological polar surface area (TPSA) is 48.9 Å². The van der Waals surface area contributed by atoms with Gasteiger partial charge in [0.15, 0.2) is 5.96 Å². The van der Waals surface area contributed by atoms with Crippen LogP contribution < -0.4 is 15.4 Å². The van der Waals surface area contributed by atoms with Gasteiger partial charge in [-0.3, -0.25) is 9.89 Å². The Morgan fingerprint density at radius 1 is 1.25 bits per heavy atom. The summed E-state index contributed by atoms with van der Waals surface area (Å²) >= 11 is 0. The highest BCUT2D eigenvalue weighted by molar-refractivity contribution is 5.80. The average molecular weight is 400 g/mol. The normalized spacial score (nSPS) is 19.0. The lowest BCUT2D eigenvalue weighted by molar-refractivity contribution is -0.143. The predicted molar refractivity (Wildman–Crippen MR) is 106 cm³/mol. The molecular weight excluding hydrogens is 369 g/mol. The van der Waals surface area contributed by atoms with Gasteiger partial charge in [0.2, 0.25) is 0 Å². The standard InChI is InChI=1S/C20H31F3N4O/c1-5-24-18(26-16-10-11-27(12-16)14-20(21,22)23)25-13-19(2,3)15-6-8-17(28-4)9-7-15/h6-9,16H,5,10-14H2,1-4H3,(H2,24,25,26). The number of hydrogen-bond acceptors (Lipinski definition) is 3. The zero-order chi connectivity index (χ0) is 20.8. The second kappa shape index (κ2) is 9.49. The van der Waals surface area contributed by atoms with Crippen LogP contribution >= 0.6 is 0 Å². The second-order valence-corrected chi connectivity index (χ2v) is 7.79. The summed E-state index contributed by atoms with van der Waals surface area (Å²) in [4.78, 5) is 6.12. The number of nitrogens with one attached hydrogen (secondary N) is 2. The fourth-order valence-corrected chi connectivity index (χ4v) is 3.27. The summed E-state index contributed by atoms with van der Waals surface area (Å²) in [6.07, 6.45) is -3.49. The third kappa shape index (κ3) is 6.89. The molecule has 0 saturated carbocycles. The molecule has 1 aromatic carbocycles. The van der Waals surface area contributed by atoms with Crippen molar-refractivity contribution in [2.24, 2.45) is 4.99 Å². The van der Waals surface area contributed by atoms with Gasteiger partial charge in [0.05, 0.1) is 20.2 Å². The Labute approximate surface area is 165 Å². The summed E-state index contributed by atoms with van der Waals surface area (Å²) in [5.74, 6) is 1.45. The Kier molecular flexibility index (Phi) is 7.57. The average Bonchev–Trinajstić information content (AvgIpc) is 3.05. The van der Waals surface area contributed by atoms with Crippen molar-refractivity contribution in [1.82, 2.24) is 15.5 Å². The van der Waals surface area contributed by atoms with Crippen molar-refractivity contribution < 1.29 is 17.9 Å². The maximum atomic E-state index is 12.6. The summed E-state index contributed by atoms with van der Waals surface area (Å²) in [7, 11) is 1.64. The van der Waals surface area contributed by atoms with Crippen LogP contribution in [0.25, 0.3) is 0 Å². The van der Waals surface area contributed by atoms with E-state index in [2.05, 4.69) is 29.5 Å². The molecule has 158 valence electrons. The first-order valence-electron chi connectivity index (χ1n) is 9.61. The van der Waals surface area contributed by atoms with E-state index >= 15 is 0 Å². The van der Waals surface area contributed by atoms with E-state index in [0.717, 1.165) is 11.3 Å². The first kappa shape index (κ1) is 22.3. The van der Waals surface area contributed by atoms with Crippen molar-refractivity contribution in [2.75, 3.05) is 39.8 Å². The number of aliphatic imine (C=N–C) groups is 1. The number of hydrogen-bond donors (Lipinski definition) is 2. The van der Waals surface area contributed by atoms with Gasteiger partial charge in [-0.05, 0) is 31.0 Å². The van der Waals surface area contributed by atoms with Gasteiger partial charge in [-0.1, -0.05) is 26.0 Å². The van der Waals surface area contributed by atoms with Crippen LogP contribution in [0.5, 0.6) is 5.75 Å². The smallest absolute Gasteiger partial charge is 0.401 e. The molecule has 8 heteroatoms. The molecule has 1 aromatic rings. The Morgan fingerprint density at radius 3 is 2.50 bits per heavy atom. The summed E-state index contributed by atoms with van der Waals surface area (Å²) in [5.41, 5.74) is 0.956. The number of halogens is 3. The molecule has 1 aliphatic heterocycles. The van der Waals surface area contributed by atoms with Crippen LogP contribution in [0.15, 0.2) is 29.3 Å². The van der Waals surface area contributed by atoms with E-state index in [1.165, 1.54) is 4.90 Å². The van der Waals surface area contributed by atoms with E-state index in [-0.39, 0.29) is 11.5 Å². The van der Waals surface area contributed by atoms with Gasteiger partial charge >= 0.3 is 6.18 Å². The fourth-order valence-electron chi connectivity index (χ4n) is 3.27. The van der Waals surface area contributed by atoms with Crippen molar-refractivity contribution in [3.8, 4) is 5.75 Å². The number of rotatable bonds is 7. The number of nitrogens with zero attached hydrogens (tertiary/aromatic N) is 2. The predicted octanol–water partition coefficient (Wildman–Crippen LogP) is 3.16. The molecule has 1 fully saturated rings. The Bertz CT molecular complexity index is 644. The van der Waals surface area contributed by atoms with Crippen LogP contribution in [0, 0.1) is 0 Å². The highest BCUT2D eigenvalue weighted by Gasteiger charge is 2.34. The quantitative estimate of drug-likeness (QED) is 0.545. The fraction of sp³-hybridized carbons (Fsp3) is 0.650. The summed E-state index contributed by atoms with van der Waals surface area (Å²) in [6.45, 7) is 7.38. The number of guanidine groups is 1. The van der Waals surface area contributed by atoms with Crippen LogP contribution in [-0.4, -0.2) is 62.9 Å². The maximum Gasteiger partial charge on any atom is 0.401 e. The lowest BCUT2D eigenvalue weighted by atomic mass is 9.85. The van der Waals surface area contributed by atoms with Crippen LogP contribution in [-0.2, 0) is 5.41 Å². The van der Waals surface area contributed by atoms with Crippen LogP contribution in [0.2, 0.25) is 0 Å². The highest BCUT2D eigenvalue weighted by Crippen LogP contribution is 2.25. The largest absolute Gasteiger partial charge is 0.497 e. The Hall–Kier alpha value is -1.96. The number of benzene rings is 1. The van der Waals surface area contributed by atoms with Gasteiger partial charge in [0.1, 0.15) is 5.75 Å². The Morgan fingerprint density at radius 2 is 1.93 bits per heavy atom. The SMILES string of the molecule is CCNC(=NCC(C)(C)c1ccc(OC)cc1)NC1CCN(CC(F)(F)F)C1. The van der Waals surface area contributed by atoms with Gasteiger partial charge in [-0.2, -0.15) is 13.2 Å². The number of likely N-dealkylation sites (tertiary alicyclic amines) is 1. The first-order valence-corrected chi connectivity index (χ1v) is 9.61. The van der Waals surface area contributed by atoms with Crippen LogP contribution in [0.1, 0.15) is 32.8 Å². The monoisotopic (exact) mass is 400 g/mol. The van der Waals surface area contributed by atoms with Gasteiger partial charge < -0.3 is 15.4 Å². The third-order valence-electron chi connectivity index (χ3n) is 4.86. The van der Waals surface area contributed by atoms with Crippen LogP contribution in [0.4, 0.5) is 13.2 Å².